The number of carboxylic acids is 1. The van der Waals surface area contributed by atoms with Gasteiger partial charge < -0.3 is 10.4 Å². The Bertz CT molecular complexity index is 471. The Balaban J connectivity index is 1.85. The first-order chi connectivity index (χ1) is 9.15. The summed E-state index contributed by atoms with van der Waals surface area (Å²) in [6.07, 6.45) is 8.85. The third kappa shape index (κ3) is 4.13. The molecular weight excluding hydrogens is 266 g/mol. The number of hydrogen-bond acceptors (Lipinski definition) is 5. The Morgan fingerprint density at radius 3 is 3.16 bits per heavy atom. The zero-order chi connectivity index (χ0) is 13.7. The molecule has 2 aliphatic rings. The molecule has 0 radical (unpaired) electrons. The molecule has 2 rings (SSSR count). The predicted molar refractivity (Wildman–Crippen MR) is 73.4 cm³/mol. The fourth-order valence-corrected chi connectivity index (χ4v) is 2.71. The van der Waals surface area contributed by atoms with E-state index in [-0.39, 0.29) is 12.3 Å². The lowest BCUT2D eigenvalue weighted by Gasteiger charge is -2.07. The number of carbonyl (C=O) groups is 2. The van der Waals surface area contributed by atoms with Gasteiger partial charge in [-0.1, -0.05) is 23.9 Å². The maximum absolute atomic E-state index is 11.5. The van der Waals surface area contributed by atoms with Gasteiger partial charge in [0.05, 0.1) is 6.42 Å². The second kappa shape index (κ2) is 6.42. The number of rotatable bonds is 4. The van der Waals surface area contributed by atoms with E-state index in [1.165, 1.54) is 5.57 Å². The van der Waals surface area contributed by atoms with Gasteiger partial charge in [-0.3, -0.25) is 15.0 Å². The van der Waals surface area contributed by atoms with Crippen molar-refractivity contribution in [3.8, 4) is 0 Å². The molecule has 0 saturated carbocycles. The van der Waals surface area contributed by atoms with E-state index < -0.39 is 11.2 Å². The fourth-order valence-electron chi connectivity index (χ4n) is 1.79. The number of hydrazone groups is 1. The van der Waals surface area contributed by atoms with Crippen LogP contribution in [0.5, 0.6) is 0 Å². The van der Waals surface area contributed by atoms with Gasteiger partial charge in [-0.05, 0) is 24.8 Å². The first-order valence-corrected chi connectivity index (χ1v) is 6.88. The van der Waals surface area contributed by atoms with Crippen LogP contribution >= 0.6 is 11.8 Å². The van der Waals surface area contributed by atoms with E-state index in [0.29, 0.717) is 5.17 Å². The molecule has 0 aromatic carbocycles. The van der Waals surface area contributed by atoms with E-state index in [9.17, 15) is 9.59 Å². The largest absolute Gasteiger partial charge is 0.481 e. The number of amides is 1. The van der Waals surface area contributed by atoms with Crippen LogP contribution in [0.15, 0.2) is 29.0 Å². The quantitative estimate of drug-likeness (QED) is 0.531. The van der Waals surface area contributed by atoms with Crippen LogP contribution in [0, 0.1) is 0 Å². The monoisotopic (exact) mass is 281 g/mol. The van der Waals surface area contributed by atoms with E-state index in [1.54, 1.807) is 0 Å². The lowest BCUT2D eigenvalue weighted by Crippen LogP contribution is -2.26. The number of amidine groups is 1. The topological polar surface area (TPSA) is 90.8 Å². The van der Waals surface area contributed by atoms with Crippen molar-refractivity contribution in [1.82, 2.24) is 10.7 Å². The fraction of sp³-hybridized carbons (Fsp3) is 0.417. The number of nitrogens with one attached hydrogen (secondary N) is 2. The Labute approximate surface area is 115 Å². The SMILES string of the molecule is O=C(O)C[C@H]1S/C(=N/NC=C2CC=CCC2)NC1=O. The molecule has 1 atom stereocenters. The summed E-state index contributed by atoms with van der Waals surface area (Å²) in [5.74, 6) is -1.29. The maximum atomic E-state index is 11.5. The summed E-state index contributed by atoms with van der Waals surface area (Å²) in [4.78, 5) is 22.0. The number of hydrogen-bond donors (Lipinski definition) is 3. The molecule has 0 aromatic heterocycles. The third-order valence-electron chi connectivity index (χ3n) is 2.75. The highest BCUT2D eigenvalue weighted by Gasteiger charge is 2.32. The van der Waals surface area contributed by atoms with Gasteiger partial charge in [-0.2, -0.15) is 5.10 Å². The molecule has 1 aliphatic carbocycles. The molecule has 0 aromatic rings. The van der Waals surface area contributed by atoms with Crippen molar-refractivity contribution in [1.29, 1.82) is 0 Å². The molecule has 102 valence electrons. The van der Waals surface area contributed by atoms with Gasteiger partial charge in [0.1, 0.15) is 5.25 Å². The Morgan fingerprint density at radius 2 is 2.47 bits per heavy atom. The summed E-state index contributed by atoms with van der Waals surface area (Å²) in [5, 5.41) is 15.1. The first kappa shape index (κ1) is 13.7. The standard InChI is InChI=1S/C12H15N3O3S/c16-10(17)6-9-11(18)14-12(19-9)15-13-7-8-4-2-1-3-5-8/h1-2,7,9,13H,3-6H2,(H,16,17)(H,14,15,18)/t9-/m1/s1. The van der Waals surface area contributed by atoms with Crippen LogP contribution in [0.2, 0.25) is 0 Å². The van der Waals surface area contributed by atoms with Crippen LogP contribution in [-0.2, 0) is 9.59 Å². The van der Waals surface area contributed by atoms with Gasteiger partial charge >= 0.3 is 5.97 Å². The number of allylic oxidation sites excluding steroid dienone is 3. The molecule has 6 nitrogen and oxygen atoms in total. The average Bonchev–Trinajstić information content (AvgIpc) is 2.70. The van der Waals surface area contributed by atoms with Crippen molar-refractivity contribution < 1.29 is 14.7 Å². The molecule has 1 amide bonds. The molecule has 1 fully saturated rings. The van der Waals surface area contributed by atoms with Crippen LogP contribution in [0.3, 0.4) is 0 Å². The van der Waals surface area contributed by atoms with Gasteiger partial charge in [0.25, 0.3) is 0 Å². The van der Waals surface area contributed by atoms with Crippen molar-refractivity contribution in [2.45, 2.75) is 30.9 Å². The minimum Gasteiger partial charge on any atom is -0.481 e. The highest BCUT2D eigenvalue weighted by molar-refractivity contribution is 8.15. The normalized spacial score (nSPS) is 26.7. The Hall–Kier alpha value is -1.76. The minimum atomic E-state index is -0.988. The highest BCUT2D eigenvalue weighted by atomic mass is 32.2. The highest BCUT2D eigenvalue weighted by Crippen LogP contribution is 2.22. The number of nitrogens with zero attached hydrogens (tertiary/aromatic N) is 1. The van der Waals surface area contributed by atoms with Gasteiger partial charge in [-0.25, -0.2) is 0 Å². The second-order valence-electron chi connectivity index (χ2n) is 4.26. The molecule has 7 heteroatoms. The molecule has 0 spiro atoms. The number of carboxylic acid groups (broad SMARTS) is 1. The van der Waals surface area contributed by atoms with Crippen molar-refractivity contribution in [2.24, 2.45) is 5.10 Å². The maximum Gasteiger partial charge on any atom is 0.305 e. The van der Waals surface area contributed by atoms with Gasteiger partial charge in [0.2, 0.25) is 5.91 Å². The number of carbonyl (C=O) groups excluding carboxylic acids is 1. The van der Waals surface area contributed by atoms with E-state index in [1.807, 2.05) is 6.20 Å². The molecule has 1 aliphatic heterocycles. The molecule has 19 heavy (non-hydrogen) atoms. The lowest BCUT2D eigenvalue weighted by molar-refractivity contribution is -0.138. The summed E-state index contributed by atoms with van der Waals surface area (Å²) in [5.41, 5.74) is 4.05. The average molecular weight is 281 g/mol. The second-order valence-corrected chi connectivity index (χ2v) is 5.45. The summed E-state index contributed by atoms with van der Waals surface area (Å²) in [6.45, 7) is 0. The van der Waals surface area contributed by atoms with E-state index in [2.05, 4.69) is 28.0 Å². The zero-order valence-corrected chi connectivity index (χ0v) is 11.1. The summed E-state index contributed by atoms with van der Waals surface area (Å²) < 4.78 is 0. The third-order valence-corrected chi connectivity index (χ3v) is 3.83. The zero-order valence-electron chi connectivity index (χ0n) is 10.3. The minimum absolute atomic E-state index is 0.193. The first-order valence-electron chi connectivity index (χ1n) is 6.00. The smallest absolute Gasteiger partial charge is 0.305 e. The predicted octanol–water partition coefficient (Wildman–Crippen LogP) is 1.18. The summed E-state index contributed by atoms with van der Waals surface area (Å²) >= 11 is 1.14. The van der Waals surface area contributed by atoms with Gasteiger partial charge in [0.15, 0.2) is 5.17 Å². The van der Waals surface area contributed by atoms with E-state index >= 15 is 0 Å². The lowest BCUT2D eigenvalue weighted by atomic mass is 10.0. The van der Waals surface area contributed by atoms with E-state index in [0.717, 1.165) is 31.0 Å². The molecule has 3 N–H and O–H groups in total. The van der Waals surface area contributed by atoms with Crippen molar-refractivity contribution >= 4 is 28.8 Å². The molecule has 1 saturated heterocycles. The van der Waals surface area contributed by atoms with Crippen LogP contribution < -0.4 is 10.7 Å². The van der Waals surface area contributed by atoms with Gasteiger partial charge in [0, 0.05) is 6.20 Å². The summed E-state index contributed by atoms with van der Waals surface area (Å²) in [6, 6.07) is 0. The van der Waals surface area contributed by atoms with Gasteiger partial charge in [-0.15, -0.1) is 0 Å². The van der Waals surface area contributed by atoms with Crippen molar-refractivity contribution in [3.63, 3.8) is 0 Å². The molecule has 1 heterocycles. The van der Waals surface area contributed by atoms with Crippen molar-refractivity contribution in [2.75, 3.05) is 0 Å². The van der Waals surface area contributed by atoms with Crippen LogP contribution in [-0.4, -0.2) is 27.4 Å². The van der Waals surface area contributed by atoms with Crippen molar-refractivity contribution in [3.05, 3.63) is 23.9 Å². The van der Waals surface area contributed by atoms with Crippen LogP contribution in [0.4, 0.5) is 0 Å². The Kier molecular flexibility index (Phi) is 4.62. The number of thioether (sulfide) groups is 1. The summed E-state index contributed by atoms with van der Waals surface area (Å²) in [7, 11) is 0. The molecular formula is C12H15N3O3S. The van der Waals surface area contributed by atoms with Crippen LogP contribution in [0.25, 0.3) is 0 Å². The molecule has 0 bridgehead atoms. The van der Waals surface area contributed by atoms with E-state index in [4.69, 9.17) is 5.11 Å². The van der Waals surface area contributed by atoms with Crippen LogP contribution in [0.1, 0.15) is 25.7 Å². The number of aliphatic carboxylic acids is 1. The molecule has 0 unspecified atom stereocenters. The Morgan fingerprint density at radius 1 is 1.63 bits per heavy atom.